The van der Waals surface area contributed by atoms with Crippen LogP contribution in [-0.4, -0.2) is 62.6 Å². The summed E-state index contributed by atoms with van der Waals surface area (Å²) in [5, 5.41) is 3.51. The molecule has 0 radical (unpaired) electrons. The van der Waals surface area contributed by atoms with Gasteiger partial charge in [-0.15, -0.1) is 0 Å². The van der Waals surface area contributed by atoms with Gasteiger partial charge in [-0.3, -0.25) is 4.79 Å². The molecule has 1 aromatic carbocycles. The van der Waals surface area contributed by atoms with Crippen molar-refractivity contribution < 1.29 is 35.5 Å². The van der Waals surface area contributed by atoms with E-state index in [9.17, 15) is 26.4 Å². The molecule has 0 aliphatic rings. The topological polar surface area (TPSA) is 94.6 Å². The van der Waals surface area contributed by atoms with Crippen LogP contribution >= 0.6 is 0 Å². The zero-order valence-electron chi connectivity index (χ0n) is 18.1. The van der Waals surface area contributed by atoms with Gasteiger partial charge in [0.1, 0.15) is 24.6 Å². The smallest absolute Gasteiger partial charge is 0.435 e. The van der Waals surface area contributed by atoms with Crippen LogP contribution in [0.15, 0.2) is 51.8 Å². The second kappa shape index (κ2) is 9.40. The van der Waals surface area contributed by atoms with Crippen molar-refractivity contribution in [1.29, 1.82) is 0 Å². The number of nitrogens with zero attached hydrogens (tertiary/aromatic N) is 3. The molecule has 8 nitrogen and oxygen atoms in total. The molecule has 0 aliphatic heterocycles. The molecule has 178 valence electrons. The van der Waals surface area contributed by atoms with Crippen molar-refractivity contribution in [3.8, 4) is 22.8 Å². The van der Waals surface area contributed by atoms with Gasteiger partial charge in [-0.05, 0) is 44.4 Å². The third-order valence-corrected chi connectivity index (χ3v) is 5.67. The average molecular weight is 485 g/mol. The second-order valence-corrected chi connectivity index (χ2v) is 9.57. The predicted molar refractivity (Wildman–Crippen MR) is 113 cm³/mol. The summed E-state index contributed by atoms with van der Waals surface area (Å²) in [6.07, 6.45) is -3.66. The summed E-state index contributed by atoms with van der Waals surface area (Å²) < 4.78 is 75.0. The fourth-order valence-corrected chi connectivity index (χ4v) is 3.56. The number of furan rings is 1. The number of hydrogen-bond donors (Lipinski definition) is 0. The van der Waals surface area contributed by atoms with Crippen LogP contribution in [0.5, 0.6) is 0 Å². The number of ether oxygens (including phenoxy) is 1. The minimum absolute atomic E-state index is 0.0267. The van der Waals surface area contributed by atoms with E-state index in [1.165, 1.54) is 30.3 Å². The molecule has 0 saturated carbocycles. The zero-order chi connectivity index (χ0) is 24.4. The highest BCUT2D eigenvalue weighted by molar-refractivity contribution is 7.90. The van der Waals surface area contributed by atoms with Gasteiger partial charge in [-0.1, -0.05) is 12.1 Å². The first-order valence-electron chi connectivity index (χ1n) is 9.70. The van der Waals surface area contributed by atoms with Crippen molar-refractivity contribution in [1.82, 2.24) is 14.7 Å². The standard InChI is InChI=1S/C21H22F3N3O5S/c1-26(2)9-10-31-20(28)13-27-16(12-19(25-27)21(22,23)24)18-8-7-17(32-18)14-5-4-6-15(11-14)33(3,29)30/h4-8,11-12H,9-10,13H2,1-3H3. The van der Waals surface area contributed by atoms with E-state index in [0.717, 1.165) is 17.0 Å². The van der Waals surface area contributed by atoms with Gasteiger partial charge in [0.25, 0.3) is 0 Å². The predicted octanol–water partition coefficient (Wildman–Crippen LogP) is 3.34. The lowest BCUT2D eigenvalue weighted by Crippen LogP contribution is -2.22. The zero-order valence-corrected chi connectivity index (χ0v) is 18.9. The highest BCUT2D eigenvalue weighted by atomic mass is 32.2. The summed E-state index contributed by atoms with van der Waals surface area (Å²) in [7, 11) is 0.113. The maximum atomic E-state index is 13.3. The molecule has 0 bridgehead atoms. The Morgan fingerprint density at radius 3 is 2.48 bits per heavy atom. The molecule has 12 heteroatoms. The summed E-state index contributed by atoms with van der Waals surface area (Å²) in [5.74, 6) is -0.480. The van der Waals surface area contributed by atoms with E-state index in [1.54, 1.807) is 25.1 Å². The summed E-state index contributed by atoms with van der Waals surface area (Å²) in [4.78, 5) is 14.0. The van der Waals surface area contributed by atoms with Gasteiger partial charge >= 0.3 is 12.1 Å². The number of carbonyl (C=O) groups is 1. The van der Waals surface area contributed by atoms with Crippen LogP contribution in [0.3, 0.4) is 0 Å². The van der Waals surface area contributed by atoms with Crippen molar-refractivity contribution in [2.24, 2.45) is 0 Å². The Hall–Kier alpha value is -3.12. The minimum Gasteiger partial charge on any atom is -0.463 e. The first-order valence-corrected chi connectivity index (χ1v) is 11.6. The summed E-state index contributed by atoms with van der Waals surface area (Å²) in [6, 6.07) is 9.67. The van der Waals surface area contributed by atoms with Crippen molar-refractivity contribution >= 4 is 15.8 Å². The molecular formula is C21H22F3N3O5S. The molecule has 0 fully saturated rings. The van der Waals surface area contributed by atoms with E-state index < -0.39 is 34.2 Å². The Bertz CT molecular complexity index is 1250. The molecule has 0 aliphatic carbocycles. The Morgan fingerprint density at radius 1 is 1.15 bits per heavy atom. The number of carbonyl (C=O) groups excluding carboxylic acids is 1. The van der Waals surface area contributed by atoms with Crippen LogP contribution in [0.2, 0.25) is 0 Å². The lowest BCUT2D eigenvalue weighted by molar-refractivity contribution is -0.146. The van der Waals surface area contributed by atoms with Crippen LogP contribution in [0.25, 0.3) is 22.8 Å². The van der Waals surface area contributed by atoms with Gasteiger partial charge < -0.3 is 14.1 Å². The molecule has 2 heterocycles. The Morgan fingerprint density at radius 2 is 1.85 bits per heavy atom. The van der Waals surface area contributed by atoms with Crippen LogP contribution in [0.1, 0.15) is 5.69 Å². The number of halogens is 3. The van der Waals surface area contributed by atoms with Gasteiger partial charge in [-0.2, -0.15) is 18.3 Å². The largest absolute Gasteiger partial charge is 0.463 e. The fourth-order valence-electron chi connectivity index (χ4n) is 2.89. The monoisotopic (exact) mass is 485 g/mol. The SMILES string of the molecule is CN(C)CCOC(=O)Cn1nc(C(F)(F)F)cc1-c1ccc(-c2cccc(S(C)(=O)=O)c2)o1. The van der Waals surface area contributed by atoms with E-state index in [0.29, 0.717) is 12.1 Å². The van der Waals surface area contributed by atoms with Crippen LogP contribution in [-0.2, 0) is 32.1 Å². The van der Waals surface area contributed by atoms with Crippen LogP contribution < -0.4 is 0 Å². The number of hydrogen-bond acceptors (Lipinski definition) is 7. The lowest BCUT2D eigenvalue weighted by atomic mass is 10.2. The lowest BCUT2D eigenvalue weighted by Gasteiger charge is -2.10. The Kier molecular flexibility index (Phi) is 6.98. The summed E-state index contributed by atoms with van der Waals surface area (Å²) >= 11 is 0. The van der Waals surface area contributed by atoms with Crippen LogP contribution in [0, 0.1) is 0 Å². The van der Waals surface area contributed by atoms with E-state index in [-0.39, 0.29) is 28.7 Å². The van der Waals surface area contributed by atoms with E-state index >= 15 is 0 Å². The second-order valence-electron chi connectivity index (χ2n) is 7.56. The molecule has 0 unspecified atom stereocenters. The molecule has 0 spiro atoms. The number of likely N-dealkylation sites (N-methyl/N-ethyl adjacent to an activating group) is 1. The maximum Gasteiger partial charge on any atom is 0.435 e. The first-order chi connectivity index (χ1) is 15.3. The molecule has 3 aromatic rings. The van der Waals surface area contributed by atoms with E-state index in [2.05, 4.69) is 5.10 Å². The molecule has 2 aromatic heterocycles. The normalized spacial score (nSPS) is 12.3. The first kappa shape index (κ1) is 24.5. The molecule has 0 N–H and O–H groups in total. The number of rotatable bonds is 8. The van der Waals surface area contributed by atoms with E-state index in [1.807, 2.05) is 0 Å². The maximum absolute atomic E-state index is 13.3. The Labute approximate surface area is 188 Å². The minimum atomic E-state index is -4.73. The van der Waals surface area contributed by atoms with Crippen molar-refractivity contribution in [3.63, 3.8) is 0 Å². The van der Waals surface area contributed by atoms with Gasteiger partial charge in [-0.25, -0.2) is 13.1 Å². The number of sulfone groups is 1. The van der Waals surface area contributed by atoms with Gasteiger partial charge in [0.2, 0.25) is 0 Å². The number of alkyl halides is 3. The highest BCUT2D eigenvalue weighted by Crippen LogP contribution is 2.34. The molecular weight excluding hydrogens is 463 g/mol. The molecule has 0 saturated heterocycles. The molecule has 0 amide bonds. The van der Waals surface area contributed by atoms with E-state index in [4.69, 9.17) is 9.15 Å². The molecule has 33 heavy (non-hydrogen) atoms. The molecule has 0 atom stereocenters. The summed E-state index contributed by atoms with van der Waals surface area (Å²) in [6.45, 7) is -0.00578. The van der Waals surface area contributed by atoms with Gasteiger partial charge in [0.05, 0.1) is 4.90 Å². The number of esters is 1. The summed E-state index contributed by atoms with van der Waals surface area (Å²) in [5.41, 5.74) is -0.831. The van der Waals surface area contributed by atoms with Gasteiger partial charge in [0.15, 0.2) is 21.3 Å². The average Bonchev–Trinajstić information content (AvgIpc) is 3.34. The number of benzene rings is 1. The van der Waals surface area contributed by atoms with Crippen molar-refractivity contribution in [2.75, 3.05) is 33.5 Å². The quantitative estimate of drug-likeness (QED) is 0.452. The third kappa shape index (κ3) is 6.23. The molecule has 3 rings (SSSR count). The van der Waals surface area contributed by atoms with Crippen LogP contribution in [0.4, 0.5) is 13.2 Å². The van der Waals surface area contributed by atoms with Crippen molar-refractivity contribution in [2.45, 2.75) is 17.6 Å². The number of aromatic nitrogens is 2. The highest BCUT2D eigenvalue weighted by Gasteiger charge is 2.36. The fraction of sp³-hybridized carbons (Fsp3) is 0.333. The van der Waals surface area contributed by atoms with Crippen molar-refractivity contribution in [3.05, 3.63) is 48.2 Å². The Balaban J connectivity index is 1.92. The third-order valence-electron chi connectivity index (χ3n) is 4.56. The van der Waals surface area contributed by atoms with Gasteiger partial charge in [0, 0.05) is 18.4 Å².